The Hall–Kier alpha value is -2.87. The van der Waals surface area contributed by atoms with Crippen LogP contribution in [0.4, 0.5) is 11.4 Å². The first-order valence-electron chi connectivity index (χ1n) is 8.70. The Kier molecular flexibility index (Phi) is 5.46. The zero-order valence-electron chi connectivity index (χ0n) is 15.6. The molecule has 27 heavy (non-hydrogen) atoms. The molecule has 142 valence electrons. The summed E-state index contributed by atoms with van der Waals surface area (Å²) in [5, 5.41) is 4.57. The quantitative estimate of drug-likeness (QED) is 0.706. The number of rotatable bonds is 6. The van der Waals surface area contributed by atoms with E-state index in [-0.39, 0.29) is 18.0 Å². The number of aromatic nitrogens is 2. The van der Waals surface area contributed by atoms with Crippen LogP contribution in [0, 0.1) is 0 Å². The standard InChI is InChI=1S/C19H22N4O3S/c1-4-10-22-18(25)17-15(9-11-27-17)23(19(22)26)12-16(24)20-13-5-7-14(8-6-13)21(2)3/h5-9,11H,4,10,12H2,1-3H3,(H,20,24). The first kappa shape index (κ1) is 18.9. The second-order valence-corrected chi connectivity index (χ2v) is 7.37. The van der Waals surface area contributed by atoms with E-state index in [0.717, 1.165) is 5.69 Å². The van der Waals surface area contributed by atoms with E-state index in [2.05, 4.69) is 5.32 Å². The van der Waals surface area contributed by atoms with Crippen LogP contribution in [0.5, 0.6) is 0 Å². The molecule has 1 aromatic carbocycles. The maximum Gasteiger partial charge on any atom is 0.332 e. The highest BCUT2D eigenvalue weighted by atomic mass is 32.1. The summed E-state index contributed by atoms with van der Waals surface area (Å²) in [7, 11) is 3.88. The first-order valence-corrected chi connectivity index (χ1v) is 9.58. The third-order valence-electron chi connectivity index (χ3n) is 4.25. The van der Waals surface area contributed by atoms with Crippen LogP contribution in [0.15, 0.2) is 45.3 Å². The molecule has 8 heteroatoms. The van der Waals surface area contributed by atoms with Crippen molar-refractivity contribution in [2.45, 2.75) is 26.4 Å². The number of carbonyl (C=O) groups excluding carboxylic acids is 1. The van der Waals surface area contributed by atoms with Gasteiger partial charge in [-0.25, -0.2) is 4.79 Å². The van der Waals surface area contributed by atoms with Gasteiger partial charge in [0.1, 0.15) is 11.2 Å². The minimum Gasteiger partial charge on any atom is -0.378 e. The molecular formula is C19H22N4O3S. The summed E-state index contributed by atoms with van der Waals surface area (Å²) in [6.07, 6.45) is 0.663. The Balaban J connectivity index is 1.89. The summed E-state index contributed by atoms with van der Waals surface area (Å²) in [6, 6.07) is 9.14. The van der Waals surface area contributed by atoms with Crippen molar-refractivity contribution < 1.29 is 4.79 Å². The molecule has 0 saturated carbocycles. The highest BCUT2D eigenvalue weighted by Gasteiger charge is 2.16. The molecule has 7 nitrogen and oxygen atoms in total. The van der Waals surface area contributed by atoms with Gasteiger partial charge in [-0.3, -0.25) is 18.7 Å². The third-order valence-corrected chi connectivity index (χ3v) is 5.14. The molecule has 3 aromatic rings. The Morgan fingerprint density at radius 1 is 1.11 bits per heavy atom. The fourth-order valence-corrected chi connectivity index (χ4v) is 3.74. The minimum absolute atomic E-state index is 0.147. The number of nitrogens with zero attached hydrogens (tertiary/aromatic N) is 3. The van der Waals surface area contributed by atoms with Crippen molar-refractivity contribution in [2.24, 2.45) is 0 Å². The van der Waals surface area contributed by atoms with E-state index in [1.54, 1.807) is 11.4 Å². The zero-order valence-corrected chi connectivity index (χ0v) is 16.4. The van der Waals surface area contributed by atoms with E-state index in [9.17, 15) is 14.4 Å². The summed E-state index contributed by atoms with van der Waals surface area (Å²) in [6.45, 7) is 2.09. The van der Waals surface area contributed by atoms with Gasteiger partial charge < -0.3 is 10.2 Å². The molecule has 2 heterocycles. The molecule has 0 atom stereocenters. The first-order chi connectivity index (χ1) is 12.9. The molecule has 0 radical (unpaired) electrons. The van der Waals surface area contributed by atoms with Crippen molar-refractivity contribution in [1.82, 2.24) is 9.13 Å². The van der Waals surface area contributed by atoms with Crippen molar-refractivity contribution in [1.29, 1.82) is 0 Å². The van der Waals surface area contributed by atoms with Gasteiger partial charge in [0.15, 0.2) is 0 Å². The van der Waals surface area contributed by atoms with Crippen molar-refractivity contribution >= 4 is 38.8 Å². The van der Waals surface area contributed by atoms with Crippen molar-refractivity contribution in [3.05, 3.63) is 56.5 Å². The maximum absolute atomic E-state index is 12.7. The number of benzene rings is 1. The number of anilines is 2. The van der Waals surface area contributed by atoms with Gasteiger partial charge in [-0.2, -0.15) is 0 Å². The average molecular weight is 386 g/mol. The molecule has 0 unspecified atom stereocenters. The van der Waals surface area contributed by atoms with Crippen LogP contribution in [0.2, 0.25) is 0 Å². The SMILES string of the molecule is CCCn1c(=O)c2sccc2n(CC(=O)Nc2ccc(N(C)C)cc2)c1=O. The van der Waals surface area contributed by atoms with Crippen LogP contribution < -0.4 is 21.5 Å². The molecular weight excluding hydrogens is 364 g/mol. The number of fused-ring (bicyclic) bond motifs is 1. The van der Waals surface area contributed by atoms with E-state index in [4.69, 9.17) is 0 Å². The fraction of sp³-hybridized carbons (Fsp3) is 0.316. The zero-order chi connectivity index (χ0) is 19.6. The summed E-state index contributed by atoms with van der Waals surface area (Å²) in [5.41, 5.74) is 1.44. The average Bonchev–Trinajstić information content (AvgIpc) is 3.12. The fourth-order valence-electron chi connectivity index (χ4n) is 2.89. The van der Waals surface area contributed by atoms with Gasteiger partial charge in [0.25, 0.3) is 5.56 Å². The van der Waals surface area contributed by atoms with E-state index in [1.807, 2.05) is 50.2 Å². The molecule has 1 N–H and O–H groups in total. The van der Waals surface area contributed by atoms with Crippen LogP contribution in [-0.2, 0) is 17.9 Å². The van der Waals surface area contributed by atoms with Crippen LogP contribution >= 0.6 is 11.3 Å². The lowest BCUT2D eigenvalue weighted by Crippen LogP contribution is -2.41. The summed E-state index contributed by atoms with van der Waals surface area (Å²) >= 11 is 1.28. The summed E-state index contributed by atoms with van der Waals surface area (Å²) in [5.74, 6) is -0.316. The van der Waals surface area contributed by atoms with Gasteiger partial charge in [-0.15, -0.1) is 11.3 Å². The Morgan fingerprint density at radius 3 is 2.44 bits per heavy atom. The number of thiophene rings is 1. The second kappa shape index (κ2) is 7.79. The lowest BCUT2D eigenvalue weighted by Gasteiger charge is -2.14. The van der Waals surface area contributed by atoms with E-state index in [0.29, 0.717) is 28.9 Å². The second-order valence-electron chi connectivity index (χ2n) is 6.45. The molecule has 1 amide bonds. The monoisotopic (exact) mass is 386 g/mol. The van der Waals surface area contributed by atoms with Gasteiger partial charge >= 0.3 is 5.69 Å². The maximum atomic E-state index is 12.7. The largest absolute Gasteiger partial charge is 0.378 e. The number of hydrogen-bond acceptors (Lipinski definition) is 5. The van der Waals surface area contributed by atoms with Gasteiger partial charge in [0.2, 0.25) is 5.91 Å². The molecule has 0 aliphatic rings. The lowest BCUT2D eigenvalue weighted by molar-refractivity contribution is -0.116. The molecule has 0 fully saturated rings. The molecule has 0 spiro atoms. The molecule has 2 aromatic heterocycles. The summed E-state index contributed by atoms with van der Waals surface area (Å²) < 4.78 is 3.07. The molecule has 3 rings (SSSR count). The highest BCUT2D eigenvalue weighted by molar-refractivity contribution is 7.17. The van der Waals surface area contributed by atoms with E-state index in [1.165, 1.54) is 20.5 Å². The summed E-state index contributed by atoms with van der Waals surface area (Å²) in [4.78, 5) is 39.7. The smallest absolute Gasteiger partial charge is 0.332 e. The lowest BCUT2D eigenvalue weighted by atomic mass is 10.2. The molecule has 0 aliphatic heterocycles. The topological polar surface area (TPSA) is 76.3 Å². The van der Waals surface area contributed by atoms with Crippen LogP contribution in [0.3, 0.4) is 0 Å². The Labute approximate surface area is 160 Å². The predicted molar refractivity (Wildman–Crippen MR) is 110 cm³/mol. The molecule has 0 bridgehead atoms. The molecule has 0 saturated heterocycles. The Morgan fingerprint density at radius 2 is 1.81 bits per heavy atom. The van der Waals surface area contributed by atoms with Crippen LogP contribution in [0.1, 0.15) is 13.3 Å². The van der Waals surface area contributed by atoms with Gasteiger partial charge in [-0.1, -0.05) is 6.92 Å². The number of hydrogen-bond donors (Lipinski definition) is 1. The number of nitrogens with one attached hydrogen (secondary N) is 1. The minimum atomic E-state index is -0.453. The van der Waals surface area contributed by atoms with Crippen molar-refractivity contribution in [3.63, 3.8) is 0 Å². The van der Waals surface area contributed by atoms with Crippen LogP contribution in [0.25, 0.3) is 10.2 Å². The molecule has 0 aliphatic carbocycles. The number of carbonyl (C=O) groups is 1. The Bertz CT molecular complexity index is 1080. The van der Waals surface area contributed by atoms with Crippen molar-refractivity contribution in [2.75, 3.05) is 24.3 Å². The normalized spacial score (nSPS) is 10.9. The van der Waals surface area contributed by atoms with Gasteiger partial charge in [-0.05, 0) is 42.1 Å². The number of amides is 1. The van der Waals surface area contributed by atoms with Crippen LogP contribution in [-0.4, -0.2) is 29.1 Å². The highest BCUT2D eigenvalue weighted by Crippen LogP contribution is 2.17. The van der Waals surface area contributed by atoms with E-state index >= 15 is 0 Å². The third kappa shape index (κ3) is 3.80. The predicted octanol–water partition coefficient (Wildman–Crippen LogP) is 2.34. The van der Waals surface area contributed by atoms with Gasteiger partial charge in [0, 0.05) is 32.0 Å². The van der Waals surface area contributed by atoms with E-state index < -0.39 is 5.69 Å². The van der Waals surface area contributed by atoms with Crippen molar-refractivity contribution in [3.8, 4) is 0 Å². The van der Waals surface area contributed by atoms with Gasteiger partial charge in [0.05, 0.1) is 5.52 Å².